The van der Waals surface area contributed by atoms with Crippen LogP contribution in [0, 0.1) is 0 Å². The minimum Gasteiger partial charge on any atom is -0.481 e. The molecule has 2 rings (SSSR count). The Morgan fingerprint density at radius 2 is 1.44 bits per heavy atom. The fourth-order valence-corrected chi connectivity index (χ4v) is 3.52. The van der Waals surface area contributed by atoms with Crippen molar-refractivity contribution in [1.82, 2.24) is 25.9 Å². The topological polar surface area (TPSA) is 254 Å². The lowest BCUT2D eigenvalue weighted by Gasteiger charge is -2.24. The average Bonchev–Trinajstić information content (AvgIpc) is 3.38. The summed E-state index contributed by atoms with van der Waals surface area (Å²) in [7, 11) is 0. The van der Waals surface area contributed by atoms with E-state index in [-0.39, 0.29) is 12.8 Å². The predicted octanol–water partition coefficient (Wildman–Crippen LogP) is -1.60. The maximum Gasteiger partial charge on any atom is 0.326 e. The summed E-state index contributed by atoms with van der Waals surface area (Å²) in [4.78, 5) is 78.9. The number of imidazole rings is 1. The third-order valence-electron chi connectivity index (χ3n) is 5.52. The number of carbonyl (C=O) groups excluding carboxylic acids is 3. The van der Waals surface area contributed by atoms with Crippen LogP contribution in [0.25, 0.3) is 0 Å². The molecule has 9 N–H and O–H groups in total. The highest BCUT2D eigenvalue weighted by molar-refractivity contribution is 5.95. The Kier molecular flexibility index (Phi) is 11.6. The molecule has 0 aliphatic heterocycles. The van der Waals surface area contributed by atoms with Crippen LogP contribution < -0.4 is 21.7 Å². The van der Waals surface area contributed by atoms with Crippen molar-refractivity contribution in [3.05, 3.63) is 54.1 Å². The minimum atomic E-state index is -1.74. The van der Waals surface area contributed by atoms with Gasteiger partial charge in [-0.2, -0.15) is 0 Å². The molecule has 0 aliphatic carbocycles. The minimum absolute atomic E-state index is 0.118. The van der Waals surface area contributed by atoms with Gasteiger partial charge in [0.05, 0.1) is 18.8 Å². The highest BCUT2D eigenvalue weighted by atomic mass is 16.4. The van der Waals surface area contributed by atoms with Gasteiger partial charge in [0.15, 0.2) is 0 Å². The first-order chi connectivity index (χ1) is 18.5. The van der Waals surface area contributed by atoms with Crippen LogP contribution in [0.3, 0.4) is 0 Å². The normalized spacial score (nSPS) is 13.8. The van der Waals surface area contributed by atoms with E-state index >= 15 is 0 Å². The molecule has 4 atom stereocenters. The molecule has 0 saturated heterocycles. The van der Waals surface area contributed by atoms with Gasteiger partial charge in [-0.25, -0.2) is 9.78 Å². The number of carboxylic acid groups (broad SMARTS) is 3. The van der Waals surface area contributed by atoms with E-state index in [4.69, 9.17) is 10.8 Å². The third kappa shape index (κ3) is 10.6. The zero-order valence-corrected chi connectivity index (χ0v) is 20.7. The molecule has 1 heterocycles. The van der Waals surface area contributed by atoms with Crippen LogP contribution in [0.5, 0.6) is 0 Å². The van der Waals surface area contributed by atoms with Crippen molar-refractivity contribution in [2.24, 2.45) is 5.73 Å². The van der Waals surface area contributed by atoms with E-state index in [1.807, 2.05) is 0 Å². The van der Waals surface area contributed by atoms with Gasteiger partial charge in [0, 0.05) is 24.7 Å². The molecular weight excluding hydrogens is 516 g/mol. The smallest absolute Gasteiger partial charge is 0.326 e. The van der Waals surface area contributed by atoms with E-state index in [0.717, 1.165) is 5.56 Å². The first-order valence-electron chi connectivity index (χ1n) is 11.8. The maximum atomic E-state index is 13.1. The van der Waals surface area contributed by atoms with Crippen molar-refractivity contribution in [3.63, 3.8) is 0 Å². The summed E-state index contributed by atoms with van der Waals surface area (Å²) in [6, 6.07) is 3.18. The summed E-state index contributed by atoms with van der Waals surface area (Å²) in [5, 5.41) is 34.1. The van der Waals surface area contributed by atoms with Gasteiger partial charge < -0.3 is 42.0 Å². The number of aromatic amines is 1. The van der Waals surface area contributed by atoms with Crippen LogP contribution in [-0.4, -0.2) is 85.1 Å². The highest BCUT2D eigenvalue weighted by Crippen LogP contribution is 2.06. The van der Waals surface area contributed by atoms with Crippen LogP contribution in [-0.2, 0) is 41.6 Å². The molecule has 0 saturated carbocycles. The number of H-pyrrole nitrogens is 1. The van der Waals surface area contributed by atoms with Crippen LogP contribution in [0.4, 0.5) is 0 Å². The lowest BCUT2D eigenvalue weighted by Crippen LogP contribution is -2.58. The molecule has 0 aliphatic rings. The molecule has 4 unspecified atom stereocenters. The Morgan fingerprint density at radius 3 is 2.00 bits per heavy atom. The molecule has 210 valence electrons. The molecule has 15 nitrogen and oxygen atoms in total. The van der Waals surface area contributed by atoms with Crippen molar-refractivity contribution in [1.29, 1.82) is 0 Å². The van der Waals surface area contributed by atoms with Gasteiger partial charge >= 0.3 is 17.9 Å². The van der Waals surface area contributed by atoms with Gasteiger partial charge in [-0.05, 0) is 18.4 Å². The van der Waals surface area contributed by atoms with Crippen molar-refractivity contribution in [2.45, 2.75) is 56.3 Å². The van der Waals surface area contributed by atoms with Gasteiger partial charge in [0.25, 0.3) is 0 Å². The second kappa shape index (κ2) is 14.8. The number of nitrogens with two attached hydrogens (primary N) is 1. The molecule has 1 aromatic carbocycles. The molecule has 3 amide bonds. The molecule has 0 radical (unpaired) electrons. The van der Waals surface area contributed by atoms with Gasteiger partial charge in [0.2, 0.25) is 17.7 Å². The van der Waals surface area contributed by atoms with Crippen LogP contribution >= 0.6 is 0 Å². The Labute approximate surface area is 222 Å². The molecule has 0 fully saturated rings. The Hall–Kier alpha value is -4.79. The Bertz CT molecular complexity index is 1160. The number of hydrogen-bond donors (Lipinski definition) is 8. The number of amides is 3. The van der Waals surface area contributed by atoms with E-state index in [2.05, 4.69) is 25.9 Å². The molecule has 1 aromatic heterocycles. The van der Waals surface area contributed by atoms with E-state index in [1.54, 1.807) is 30.3 Å². The summed E-state index contributed by atoms with van der Waals surface area (Å²) in [6.07, 6.45) is 0.835. The SMILES string of the molecule is NC(Cc1ccccc1)C(=O)NC(Cc1cnc[nH]1)C(=O)NC(CC(=O)O)C(=O)NC(CCC(=O)O)C(=O)O. The van der Waals surface area contributed by atoms with Crippen LogP contribution in [0.1, 0.15) is 30.5 Å². The monoisotopic (exact) mass is 546 g/mol. The van der Waals surface area contributed by atoms with E-state index in [0.29, 0.717) is 5.69 Å². The number of nitrogens with one attached hydrogen (secondary N) is 4. The number of benzene rings is 1. The number of aromatic nitrogens is 2. The zero-order valence-electron chi connectivity index (χ0n) is 20.7. The van der Waals surface area contributed by atoms with E-state index < -0.39 is 79.1 Å². The van der Waals surface area contributed by atoms with E-state index in [9.17, 15) is 39.0 Å². The van der Waals surface area contributed by atoms with Crippen molar-refractivity contribution in [3.8, 4) is 0 Å². The standard InChI is InChI=1S/C24H30N6O9/c25-15(8-13-4-2-1-3-5-13)21(35)29-17(9-14-11-26-12-27-14)22(36)30-18(10-20(33)34)23(37)28-16(24(38)39)6-7-19(31)32/h1-5,11-12,15-18H,6-10,25H2,(H,26,27)(H,28,37)(H,29,35)(H,30,36)(H,31,32)(H,33,34)(H,38,39). The number of carbonyl (C=O) groups is 6. The first kappa shape index (κ1) is 30.4. The second-order valence-electron chi connectivity index (χ2n) is 8.63. The van der Waals surface area contributed by atoms with Crippen molar-refractivity contribution < 1.29 is 44.1 Å². The average molecular weight is 547 g/mol. The summed E-state index contributed by atoms with van der Waals surface area (Å²) < 4.78 is 0. The number of nitrogens with zero attached hydrogens (tertiary/aromatic N) is 1. The predicted molar refractivity (Wildman–Crippen MR) is 133 cm³/mol. The summed E-state index contributed by atoms with van der Waals surface area (Å²) in [6.45, 7) is 0. The maximum absolute atomic E-state index is 13.1. The number of rotatable bonds is 16. The Morgan fingerprint density at radius 1 is 0.821 bits per heavy atom. The number of hydrogen-bond acceptors (Lipinski definition) is 8. The lowest BCUT2D eigenvalue weighted by atomic mass is 10.0. The summed E-state index contributed by atoms with van der Waals surface area (Å²) in [5.74, 6) is -7.10. The number of carboxylic acids is 3. The molecule has 39 heavy (non-hydrogen) atoms. The van der Waals surface area contributed by atoms with Crippen molar-refractivity contribution >= 4 is 35.6 Å². The molecule has 15 heteroatoms. The van der Waals surface area contributed by atoms with Crippen LogP contribution in [0.2, 0.25) is 0 Å². The zero-order chi connectivity index (χ0) is 28.9. The molecule has 0 spiro atoms. The third-order valence-corrected chi connectivity index (χ3v) is 5.52. The fourth-order valence-electron chi connectivity index (χ4n) is 3.52. The fraction of sp³-hybridized carbons (Fsp3) is 0.375. The largest absolute Gasteiger partial charge is 0.481 e. The second-order valence-corrected chi connectivity index (χ2v) is 8.63. The quantitative estimate of drug-likeness (QED) is 0.119. The van der Waals surface area contributed by atoms with Gasteiger partial charge in [0.1, 0.15) is 18.1 Å². The summed E-state index contributed by atoms with van der Waals surface area (Å²) >= 11 is 0. The summed E-state index contributed by atoms with van der Waals surface area (Å²) in [5.41, 5.74) is 7.23. The van der Waals surface area contributed by atoms with E-state index in [1.165, 1.54) is 12.5 Å². The van der Waals surface area contributed by atoms with Crippen molar-refractivity contribution in [2.75, 3.05) is 0 Å². The Balaban J connectivity index is 2.17. The van der Waals surface area contributed by atoms with Gasteiger partial charge in [-0.15, -0.1) is 0 Å². The molecule has 0 bridgehead atoms. The van der Waals surface area contributed by atoms with Crippen LogP contribution in [0.15, 0.2) is 42.9 Å². The highest BCUT2D eigenvalue weighted by Gasteiger charge is 2.32. The van der Waals surface area contributed by atoms with Gasteiger partial charge in [-0.1, -0.05) is 30.3 Å². The van der Waals surface area contributed by atoms with Gasteiger partial charge in [-0.3, -0.25) is 24.0 Å². The number of aliphatic carboxylic acids is 3. The lowest BCUT2D eigenvalue weighted by molar-refractivity contribution is -0.144. The molecular formula is C24H30N6O9. The molecule has 2 aromatic rings. The first-order valence-corrected chi connectivity index (χ1v) is 11.8.